The summed E-state index contributed by atoms with van der Waals surface area (Å²) in [7, 11) is 0. The van der Waals surface area contributed by atoms with Crippen molar-refractivity contribution in [1.29, 1.82) is 0 Å². The Bertz CT molecular complexity index is 188. The number of aldehydes is 1. The Labute approximate surface area is 80.9 Å². The SMILES string of the molecule is CC[C@@H]1CCCC[C@@H]1[C@@H]1C[C@H]1C=O. The molecule has 2 fully saturated rings. The van der Waals surface area contributed by atoms with Crippen molar-refractivity contribution in [3.8, 4) is 0 Å². The molecule has 0 N–H and O–H groups in total. The van der Waals surface area contributed by atoms with Gasteiger partial charge in [-0.2, -0.15) is 0 Å². The first-order chi connectivity index (χ1) is 6.36. The molecule has 0 aromatic heterocycles. The Morgan fingerprint density at radius 2 is 2.00 bits per heavy atom. The first-order valence-electron chi connectivity index (χ1n) is 5.82. The number of rotatable bonds is 3. The third-order valence-corrected chi connectivity index (χ3v) is 4.11. The topological polar surface area (TPSA) is 17.1 Å². The molecule has 0 amide bonds. The molecule has 2 aliphatic carbocycles. The summed E-state index contributed by atoms with van der Waals surface area (Å²) in [6.45, 7) is 2.31. The zero-order chi connectivity index (χ0) is 9.26. The van der Waals surface area contributed by atoms with Crippen molar-refractivity contribution in [2.45, 2.75) is 45.4 Å². The summed E-state index contributed by atoms with van der Waals surface area (Å²) in [6, 6.07) is 0. The minimum atomic E-state index is 0.442. The van der Waals surface area contributed by atoms with E-state index >= 15 is 0 Å². The van der Waals surface area contributed by atoms with Crippen molar-refractivity contribution < 1.29 is 4.79 Å². The van der Waals surface area contributed by atoms with Crippen LogP contribution in [-0.4, -0.2) is 6.29 Å². The van der Waals surface area contributed by atoms with E-state index in [0.717, 1.165) is 17.8 Å². The van der Waals surface area contributed by atoms with E-state index in [1.165, 1.54) is 44.8 Å². The van der Waals surface area contributed by atoms with Crippen molar-refractivity contribution in [3.63, 3.8) is 0 Å². The summed E-state index contributed by atoms with van der Waals surface area (Å²) >= 11 is 0. The smallest absolute Gasteiger partial charge is 0.123 e. The molecule has 0 heterocycles. The highest BCUT2D eigenvalue weighted by atomic mass is 16.1. The van der Waals surface area contributed by atoms with Crippen molar-refractivity contribution in [1.82, 2.24) is 0 Å². The largest absolute Gasteiger partial charge is 0.303 e. The van der Waals surface area contributed by atoms with E-state index in [0.29, 0.717) is 5.92 Å². The first-order valence-corrected chi connectivity index (χ1v) is 5.82. The molecule has 2 aliphatic rings. The molecular weight excluding hydrogens is 160 g/mol. The maximum Gasteiger partial charge on any atom is 0.123 e. The van der Waals surface area contributed by atoms with Crippen LogP contribution in [0.4, 0.5) is 0 Å². The molecule has 0 aromatic rings. The number of hydrogen-bond acceptors (Lipinski definition) is 1. The minimum absolute atomic E-state index is 0.442. The van der Waals surface area contributed by atoms with Crippen LogP contribution in [0.15, 0.2) is 0 Å². The summed E-state index contributed by atoms with van der Waals surface area (Å²) in [4.78, 5) is 10.6. The van der Waals surface area contributed by atoms with Gasteiger partial charge in [0.25, 0.3) is 0 Å². The van der Waals surface area contributed by atoms with Crippen molar-refractivity contribution in [2.24, 2.45) is 23.7 Å². The molecule has 1 nitrogen and oxygen atoms in total. The second-order valence-electron chi connectivity index (χ2n) is 4.82. The summed E-state index contributed by atoms with van der Waals surface area (Å²) in [5.74, 6) is 3.05. The Kier molecular flexibility index (Phi) is 2.71. The van der Waals surface area contributed by atoms with Gasteiger partial charge in [-0.05, 0) is 30.6 Å². The third-order valence-electron chi connectivity index (χ3n) is 4.11. The lowest BCUT2D eigenvalue weighted by atomic mass is 9.75. The zero-order valence-electron chi connectivity index (χ0n) is 8.54. The normalized spacial score (nSPS) is 44.4. The molecule has 2 saturated carbocycles. The Morgan fingerprint density at radius 1 is 1.23 bits per heavy atom. The predicted octanol–water partition coefficient (Wildman–Crippen LogP) is 3.04. The molecule has 0 radical (unpaired) electrons. The van der Waals surface area contributed by atoms with Crippen LogP contribution in [0.2, 0.25) is 0 Å². The molecule has 1 heteroatoms. The second-order valence-corrected chi connectivity index (χ2v) is 4.82. The van der Waals surface area contributed by atoms with Gasteiger partial charge in [0, 0.05) is 5.92 Å². The Morgan fingerprint density at radius 3 is 2.62 bits per heavy atom. The number of carbonyl (C=O) groups excluding carboxylic acids is 1. The molecule has 0 spiro atoms. The van der Waals surface area contributed by atoms with Gasteiger partial charge in [-0.3, -0.25) is 0 Å². The molecule has 0 unspecified atom stereocenters. The first kappa shape index (κ1) is 9.23. The van der Waals surface area contributed by atoms with Crippen molar-refractivity contribution in [3.05, 3.63) is 0 Å². The van der Waals surface area contributed by atoms with Crippen molar-refractivity contribution in [2.75, 3.05) is 0 Å². The van der Waals surface area contributed by atoms with Gasteiger partial charge in [0.1, 0.15) is 6.29 Å². The average molecular weight is 180 g/mol. The van der Waals surface area contributed by atoms with Crippen LogP contribution in [0.3, 0.4) is 0 Å². The average Bonchev–Trinajstić information content (AvgIpc) is 2.96. The van der Waals surface area contributed by atoms with Crippen LogP contribution in [0.5, 0.6) is 0 Å². The van der Waals surface area contributed by atoms with Crippen LogP contribution in [0.1, 0.15) is 45.4 Å². The van der Waals surface area contributed by atoms with Gasteiger partial charge >= 0.3 is 0 Å². The minimum Gasteiger partial charge on any atom is -0.303 e. The Balaban J connectivity index is 1.92. The maximum atomic E-state index is 10.6. The summed E-state index contributed by atoms with van der Waals surface area (Å²) in [5, 5.41) is 0. The van der Waals surface area contributed by atoms with Gasteiger partial charge in [0.05, 0.1) is 0 Å². The fourth-order valence-corrected chi connectivity index (χ4v) is 3.19. The number of hydrogen-bond donors (Lipinski definition) is 0. The van der Waals surface area contributed by atoms with E-state index in [-0.39, 0.29) is 0 Å². The predicted molar refractivity (Wildman–Crippen MR) is 53.4 cm³/mol. The van der Waals surface area contributed by atoms with Gasteiger partial charge in [0.15, 0.2) is 0 Å². The maximum absolute atomic E-state index is 10.6. The summed E-state index contributed by atoms with van der Waals surface area (Å²) < 4.78 is 0. The van der Waals surface area contributed by atoms with Crippen LogP contribution in [0, 0.1) is 23.7 Å². The van der Waals surface area contributed by atoms with Crippen LogP contribution in [-0.2, 0) is 4.79 Å². The highest BCUT2D eigenvalue weighted by Gasteiger charge is 2.45. The van der Waals surface area contributed by atoms with Crippen LogP contribution < -0.4 is 0 Å². The van der Waals surface area contributed by atoms with Gasteiger partial charge in [-0.15, -0.1) is 0 Å². The van der Waals surface area contributed by atoms with Gasteiger partial charge in [-0.25, -0.2) is 0 Å². The highest BCUT2D eigenvalue weighted by Crippen LogP contribution is 2.50. The highest BCUT2D eigenvalue weighted by molar-refractivity contribution is 5.58. The zero-order valence-corrected chi connectivity index (χ0v) is 8.54. The standard InChI is InChI=1S/C12H20O/c1-2-9-5-3-4-6-11(9)12-7-10(12)8-13/h8-12H,2-7H2,1H3/t9-,10+,11+,12-/m1/s1. The van der Waals surface area contributed by atoms with E-state index in [1.54, 1.807) is 0 Å². The van der Waals surface area contributed by atoms with E-state index in [4.69, 9.17) is 0 Å². The van der Waals surface area contributed by atoms with E-state index < -0.39 is 0 Å². The summed E-state index contributed by atoms with van der Waals surface area (Å²) in [6.07, 6.45) is 9.36. The van der Waals surface area contributed by atoms with Crippen molar-refractivity contribution >= 4 is 6.29 Å². The molecular formula is C12H20O. The van der Waals surface area contributed by atoms with Gasteiger partial charge in [0.2, 0.25) is 0 Å². The molecule has 4 atom stereocenters. The summed E-state index contributed by atoms with van der Waals surface area (Å²) in [5.41, 5.74) is 0. The Hall–Kier alpha value is -0.330. The van der Waals surface area contributed by atoms with Gasteiger partial charge in [-0.1, -0.05) is 32.6 Å². The second kappa shape index (κ2) is 3.81. The third kappa shape index (κ3) is 1.79. The molecule has 0 aliphatic heterocycles. The fraction of sp³-hybridized carbons (Fsp3) is 0.917. The van der Waals surface area contributed by atoms with Gasteiger partial charge < -0.3 is 4.79 Å². The number of carbonyl (C=O) groups is 1. The quantitative estimate of drug-likeness (QED) is 0.610. The van der Waals surface area contributed by atoms with E-state index in [9.17, 15) is 4.79 Å². The molecule has 13 heavy (non-hydrogen) atoms. The molecule has 0 aromatic carbocycles. The molecule has 0 saturated heterocycles. The molecule has 74 valence electrons. The monoisotopic (exact) mass is 180 g/mol. The van der Waals surface area contributed by atoms with E-state index in [1.807, 2.05) is 0 Å². The lowest BCUT2D eigenvalue weighted by Gasteiger charge is -2.31. The lowest BCUT2D eigenvalue weighted by Crippen LogP contribution is -2.21. The van der Waals surface area contributed by atoms with Crippen LogP contribution in [0.25, 0.3) is 0 Å². The fourth-order valence-electron chi connectivity index (χ4n) is 3.19. The molecule has 2 rings (SSSR count). The van der Waals surface area contributed by atoms with E-state index in [2.05, 4.69) is 6.92 Å². The molecule has 0 bridgehead atoms. The lowest BCUT2D eigenvalue weighted by molar-refractivity contribution is -0.109. The van der Waals surface area contributed by atoms with Crippen LogP contribution >= 0.6 is 0 Å².